The van der Waals surface area contributed by atoms with Crippen molar-refractivity contribution < 1.29 is 14.2 Å². The molecule has 0 spiro atoms. The van der Waals surface area contributed by atoms with Crippen LogP contribution >= 0.6 is 0 Å². The normalized spacial score (nSPS) is 17.7. The number of ether oxygens (including phenoxy) is 3. The molecule has 0 aliphatic carbocycles. The van der Waals surface area contributed by atoms with Crippen LogP contribution in [-0.4, -0.2) is 33.4 Å². The average molecular weight is 482 g/mol. The highest BCUT2D eigenvalue weighted by Gasteiger charge is 2.28. The Morgan fingerprint density at radius 2 is 1.61 bits per heavy atom. The summed E-state index contributed by atoms with van der Waals surface area (Å²) in [6.45, 7) is 3.90. The first-order valence-corrected chi connectivity index (χ1v) is 12.9. The molecule has 2 atom stereocenters. The molecule has 1 aliphatic rings. The summed E-state index contributed by atoms with van der Waals surface area (Å²) in [7, 11) is 1.69. The van der Waals surface area contributed by atoms with E-state index in [-0.39, 0.29) is 0 Å². The van der Waals surface area contributed by atoms with Crippen molar-refractivity contribution in [1.29, 1.82) is 0 Å². The Morgan fingerprint density at radius 3 is 2.50 bits per heavy atom. The first-order chi connectivity index (χ1) is 17.8. The number of hydrogen-bond donors (Lipinski definition) is 1. The minimum atomic E-state index is 0.456. The quantitative estimate of drug-likeness (QED) is 0.256. The molecular formula is C32H35NO3. The Morgan fingerprint density at radius 1 is 0.806 bits per heavy atom. The lowest BCUT2D eigenvalue weighted by Crippen LogP contribution is -2.34. The van der Waals surface area contributed by atoms with Crippen LogP contribution in [0.25, 0.3) is 10.8 Å². The molecule has 1 aliphatic heterocycles. The van der Waals surface area contributed by atoms with E-state index >= 15 is 0 Å². The Kier molecular flexibility index (Phi) is 8.17. The van der Waals surface area contributed by atoms with Gasteiger partial charge in [0.25, 0.3) is 0 Å². The summed E-state index contributed by atoms with van der Waals surface area (Å²) >= 11 is 0. The predicted molar refractivity (Wildman–Crippen MR) is 146 cm³/mol. The fourth-order valence-corrected chi connectivity index (χ4v) is 5.32. The van der Waals surface area contributed by atoms with Gasteiger partial charge in [-0.2, -0.15) is 0 Å². The maximum absolute atomic E-state index is 6.00. The largest absolute Gasteiger partial charge is 0.496 e. The zero-order valence-electron chi connectivity index (χ0n) is 21.0. The molecule has 0 saturated carbocycles. The lowest BCUT2D eigenvalue weighted by Gasteiger charge is -2.34. The number of para-hydroxylation sites is 1. The predicted octanol–water partition coefficient (Wildman–Crippen LogP) is 6.69. The molecule has 0 aromatic heterocycles. The second-order valence-electron chi connectivity index (χ2n) is 9.41. The molecule has 1 fully saturated rings. The number of piperidine rings is 1. The van der Waals surface area contributed by atoms with E-state index in [1.807, 2.05) is 24.3 Å². The number of rotatable bonds is 10. The zero-order chi connectivity index (χ0) is 24.6. The molecule has 2 unspecified atom stereocenters. The molecular weight excluding hydrogens is 446 g/mol. The van der Waals surface area contributed by atoms with Gasteiger partial charge in [0.2, 0.25) is 0 Å². The second-order valence-corrected chi connectivity index (χ2v) is 9.41. The van der Waals surface area contributed by atoms with Crippen LogP contribution in [0.4, 0.5) is 0 Å². The standard InChI is InChI=1S/C32H35NO3/c1-34-32-13-5-3-9-26(32)23-35-20-7-21-36-27-16-14-25(15-17-27)29-18-19-33-22-31(29)30-12-6-10-24-8-2-4-11-28(24)30/h2-6,8-17,29,31,33H,7,18-23H2,1H3. The van der Waals surface area contributed by atoms with Crippen LogP contribution in [0.1, 0.15) is 41.4 Å². The van der Waals surface area contributed by atoms with Crippen molar-refractivity contribution in [3.05, 3.63) is 108 Å². The van der Waals surface area contributed by atoms with E-state index in [4.69, 9.17) is 14.2 Å². The number of fused-ring (bicyclic) bond motifs is 1. The highest BCUT2D eigenvalue weighted by Crippen LogP contribution is 2.40. The van der Waals surface area contributed by atoms with Gasteiger partial charge in [-0.3, -0.25) is 0 Å². The van der Waals surface area contributed by atoms with Gasteiger partial charge in [-0.1, -0.05) is 72.8 Å². The van der Waals surface area contributed by atoms with Crippen molar-refractivity contribution in [3.63, 3.8) is 0 Å². The average Bonchev–Trinajstić information content (AvgIpc) is 2.95. The Labute approximate surface area is 214 Å². The lowest BCUT2D eigenvalue weighted by atomic mass is 9.76. The summed E-state index contributed by atoms with van der Waals surface area (Å²) in [5.41, 5.74) is 3.90. The van der Waals surface area contributed by atoms with Crippen molar-refractivity contribution >= 4 is 10.8 Å². The molecule has 186 valence electrons. The third-order valence-corrected chi connectivity index (χ3v) is 7.16. The molecule has 0 radical (unpaired) electrons. The maximum Gasteiger partial charge on any atom is 0.124 e. The van der Waals surface area contributed by atoms with Crippen LogP contribution in [0.15, 0.2) is 91.0 Å². The van der Waals surface area contributed by atoms with Crippen LogP contribution in [0.5, 0.6) is 11.5 Å². The summed E-state index contributed by atoms with van der Waals surface area (Å²) in [6.07, 6.45) is 1.98. The Hall–Kier alpha value is -3.34. The second kappa shape index (κ2) is 12.1. The molecule has 5 rings (SSSR count). The van der Waals surface area contributed by atoms with Crippen molar-refractivity contribution in [1.82, 2.24) is 5.32 Å². The van der Waals surface area contributed by atoms with Crippen molar-refractivity contribution in [2.24, 2.45) is 0 Å². The molecule has 1 heterocycles. The van der Waals surface area contributed by atoms with Crippen molar-refractivity contribution in [2.45, 2.75) is 31.3 Å². The molecule has 4 aromatic rings. The Balaban J connectivity index is 1.15. The van der Waals surface area contributed by atoms with Gasteiger partial charge in [-0.05, 0) is 59.0 Å². The summed E-state index contributed by atoms with van der Waals surface area (Å²) in [5, 5.41) is 6.31. The monoisotopic (exact) mass is 481 g/mol. The Bertz CT molecular complexity index is 1250. The third kappa shape index (κ3) is 5.72. The highest BCUT2D eigenvalue weighted by molar-refractivity contribution is 5.86. The molecule has 1 N–H and O–H groups in total. The molecule has 1 saturated heterocycles. The summed E-state index contributed by atoms with van der Waals surface area (Å²) < 4.78 is 17.2. The van der Waals surface area contributed by atoms with Gasteiger partial charge in [0.1, 0.15) is 11.5 Å². The molecule has 0 bridgehead atoms. The van der Waals surface area contributed by atoms with Crippen LogP contribution in [0.3, 0.4) is 0 Å². The van der Waals surface area contributed by atoms with E-state index in [2.05, 4.69) is 72.0 Å². The fraction of sp³-hybridized carbons (Fsp3) is 0.312. The van der Waals surface area contributed by atoms with E-state index in [1.165, 1.54) is 21.9 Å². The van der Waals surface area contributed by atoms with Gasteiger partial charge in [-0.15, -0.1) is 0 Å². The third-order valence-electron chi connectivity index (χ3n) is 7.16. The van der Waals surface area contributed by atoms with E-state index < -0.39 is 0 Å². The van der Waals surface area contributed by atoms with E-state index in [0.717, 1.165) is 43.0 Å². The van der Waals surface area contributed by atoms with E-state index in [0.29, 0.717) is 31.7 Å². The minimum absolute atomic E-state index is 0.456. The SMILES string of the molecule is COc1ccccc1COCCCOc1ccc(C2CCNCC2c2cccc3ccccc23)cc1. The van der Waals surface area contributed by atoms with Crippen molar-refractivity contribution in [3.8, 4) is 11.5 Å². The van der Waals surface area contributed by atoms with Gasteiger partial charge in [0.05, 0.1) is 26.9 Å². The molecule has 36 heavy (non-hydrogen) atoms. The first-order valence-electron chi connectivity index (χ1n) is 12.9. The van der Waals surface area contributed by atoms with Crippen LogP contribution in [-0.2, 0) is 11.3 Å². The van der Waals surface area contributed by atoms with Crippen LogP contribution in [0, 0.1) is 0 Å². The van der Waals surface area contributed by atoms with E-state index in [1.54, 1.807) is 7.11 Å². The van der Waals surface area contributed by atoms with Crippen molar-refractivity contribution in [2.75, 3.05) is 33.4 Å². The summed E-state index contributed by atoms with van der Waals surface area (Å²) in [5.74, 6) is 2.73. The highest BCUT2D eigenvalue weighted by atomic mass is 16.5. The van der Waals surface area contributed by atoms with E-state index in [9.17, 15) is 0 Å². The topological polar surface area (TPSA) is 39.7 Å². The summed E-state index contributed by atoms with van der Waals surface area (Å²) in [4.78, 5) is 0. The lowest BCUT2D eigenvalue weighted by molar-refractivity contribution is 0.105. The maximum atomic E-state index is 6.00. The molecule has 4 aromatic carbocycles. The zero-order valence-corrected chi connectivity index (χ0v) is 21.0. The molecule has 4 heteroatoms. The van der Waals surface area contributed by atoms with Gasteiger partial charge >= 0.3 is 0 Å². The van der Waals surface area contributed by atoms with Gasteiger partial charge < -0.3 is 19.5 Å². The number of nitrogens with one attached hydrogen (secondary N) is 1. The van der Waals surface area contributed by atoms with Gasteiger partial charge in [0, 0.05) is 24.4 Å². The van der Waals surface area contributed by atoms with Gasteiger partial charge in [-0.25, -0.2) is 0 Å². The number of methoxy groups -OCH3 is 1. The van der Waals surface area contributed by atoms with Crippen LogP contribution in [0.2, 0.25) is 0 Å². The first kappa shape index (κ1) is 24.4. The smallest absolute Gasteiger partial charge is 0.124 e. The fourth-order valence-electron chi connectivity index (χ4n) is 5.32. The molecule has 4 nitrogen and oxygen atoms in total. The summed E-state index contributed by atoms with van der Waals surface area (Å²) in [6, 6.07) is 32.1. The van der Waals surface area contributed by atoms with Crippen LogP contribution < -0.4 is 14.8 Å². The van der Waals surface area contributed by atoms with Gasteiger partial charge in [0.15, 0.2) is 0 Å². The number of benzene rings is 4. The molecule has 0 amide bonds. The minimum Gasteiger partial charge on any atom is -0.496 e. The number of hydrogen-bond acceptors (Lipinski definition) is 4.